The molecule has 0 spiro atoms. The summed E-state index contributed by atoms with van der Waals surface area (Å²) in [4.78, 5) is 15.4. The zero-order valence-corrected chi connectivity index (χ0v) is 18.3. The number of nitrogens with one attached hydrogen (secondary N) is 1. The molecule has 0 radical (unpaired) electrons. The van der Waals surface area contributed by atoms with E-state index in [1.165, 1.54) is 19.4 Å². The summed E-state index contributed by atoms with van der Waals surface area (Å²) in [6.07, 6.45) is 4.50. The van der Waals surface area contributed by atoms with Crippen molar-refractivity contribution in [2.45, 2.75) is 32.4 Å². The largest absolute Gasteiger partial charge is 0.422 e. The van der Waals surface area contributed by atoms with Gasteiger partial charge in [-0.05, 0) is 50.2 Å². The molecule has 6 nitrogen and oxygen atoms in total. The summed E-state index contributed by atoms with van der Waals surface area (Å²) in [5.74, 6) is 0. The third-order valence-electron chi connectivity index (χ3n) is 6.31. The van der Waals surface area contributed by atoms with Crippen LogP contribution in [-0.4, -0.2) is 40.4 Å². The van der Waals surface area contributed by atoms with Crippen molar-refractivity contribution in [2.75, 3.05) is 19.6 Å². The average Bonchev–Trinajstić information content (AvgIpc) is 3.46. The Kier molecular flexibility index (Phi) is 5.88. The smallest absolute Gasteiger partial charge is 0.345 e. The number of likely N-dealkylation sites (N-methyl/N-ethyl adjacent to an activating group) is 1. The van der Waals surface area contributed by atoms with Gasteiger partial charge in [0, 0.05) is 36.3 Å². The van der Waals surface area contributed by atoms with Gasteiger partial charge in [-0.15, -0.1) is 0 Å². The normalized spacial score (nSPS) is 16.7. The highest BCUT2D eigenvalue weighted by atomic mass is 16.4. The quantitative estimate of drug-likeness (QED) is 0.447. The number of hydrogen-bond acceptors (Lipinski definition) is 5. The molecule has 1 aliphatic rings. The summed E-state index contributed by atoms with van der Waals surface area (Å²) in [6.45, 7) is 6.05. The SMILES string of the molecule is CCN1CCC[C@@H]1CNCc1cn(-c2ccccc2)nc1-c1cc2ccccc2oc1=O. The fourth-order valence-corrected chi connectivity index (χ4v) is 4.62. The second kappa shape index (κ2) is 9.10. The third-order valence-corrected chi connectivity index (χ3v) is 6.31. The van der Waals surface area contributed by atoms with Gasteiger partial charge in [0.2, 0.25) is 0 Å². The zero-order chi connectivity index (χ0) is 21.9. The van der Waals surface area contributed by atoms with Gasteiger partial charge in [0.25, 0.3) is 0 Å². The number of rotatable bonds is 7. The first kappa shape index (κ1) is 20.7. The molecule has 0 unspecified atom stereocenters. The van der Waals surface area contributed by atoms with Crippen LogP contribution in [0, 0.1) is 0 Å². The first-order valence-corrected chi connectivity index (χ1v) is 11.3. The second-order valence-corrected chi connectivity index (χ2v) is 8.32. The molecule has 2 aromatic heterocycles. The summed E-state index contributed by atoms with van der Waals surface area (Å²) in [5.41, 5.74) is 3.32. The number of nitrogens with zero attached hydrogens (tertiary/aromatic N) is 3. The molecule has 32 heavy (non-hydrogen) atoms. The van der Waals surface area contributed by atoms with Crippen LogP contribution in [0.3, 0.4) is 0 Å². The van der Waals surface area contributed by atoms with E-state index >= 15 is 0 Å². The first-order valence-electron chi connectivity index (χ1n) is 11.3. The summed E-state index contributed by atoms with van der Waals surface area (Å²) in [5, 5.41) is 9.31. The van der Waals surface area contributed by atoms with Crippen molar-refractivity contribution < 1.29 is 4.42 Å². The Bertz CT molecular complexity index is 1260. The molecule has 3 heterocycles. The van der Waals surface area contributed by atoms with Crippen LogP contribution in [0.5, 0.6) is 0 Å². The van der Waals surface area contributed by atoms with Crippen LogP contribution in [0.2, 0.25) is 0 Å². The lowest BCUT2D eigenvalue weighted by Crippen LogP contribution is -2.37. The Balaban J connectivity index is 1.49. The van der Waals surface area contributed by atoms with E-state index in [1.807, 2.05) is 71.5 Å². The predicted molar refractivity (Wildman–Crippen MR) is 127 cm³/mol. The Morgan fingerprint density at radius 1 is 1.12 bits per heavy atom. The Morgan fingerprint density at radius 3 is 2.78 bits per heavy atom. The maximum atomic E-state index is 12.9. The minimum absolute atomic E-state index is 0.365. The van der Waals surface area contributed by atoms with Gasteiger partial charge in [0.1, 0.15) is 11.3 Å². The van der Waals surface area contributed by atoms with Gasteiger partial charge in [0.05, 0.1) is 11.3 Å². The molecule has 4 aromatic rings. The minimum atomic E-state index is -0.365. The maximum absolute atomic E-state index is 12.9. The van der Waals surface area contributed by atoms with E-state index in [-0.39, 0.29) is 5.63 Å². The summed E-state index contributed by atoms with van der Waals surface area (Å²) in [7, 11) is 0. The van der Waals surface area contributed by atoms with E-state index < -0.39 is 0 Å². The highest BCUT2D eigenvalue weighted by Crippen LogP contribution is 2.25. The van der Waals surface area contributed by atoms with Crippen LogP contribution in [0.25, 0.3) is 27.9 Å². The number of benzene rings is 2. The molecule has 0 amide bonds. The van der Waals surface area contributed by atoms with Gasteiger partial charge in [-0.1, -0.05) is 43.3 Å². The van der Waals surface area contributed by atoms with Crippen LogP contribution >= 0.6 is 0 Å². The van der Waals surface area contributed by atoms with Crippen LogP contribution in [0.1, 0.15) is 25.3 Å². The molecule has 164 valence electrons. The lowest BCUT2D eigenvalue weighted by Gasteiger charge is -2.22. The predicted octanol–water partition coefficient (Wildman–Crippen LogP) is 4.22. The van der Waals surface area contributed by atoms with Crippen molar-refractivity contribution in [2.24, 2.45) is 0 Å². The zero-order valence-electron chi connectivity index (χ0n) is 18.3. The van der Waals surface area contributed by atoms with Crippen molar-refractivity contribution in [3.05, 3.63) is 82.8 Å². The van der Waals surface area contributed by atoms with E-state index in [0.29, 0.717) is 29.4 Å². The van der Waals surface area contributed by atoms with Gasteiger partial charge in [0.15, 0.2) is 0 Å². The lowest BCUT2D eigenvalue weighted by molar-refractivity contribution is 0.260. The molecular formula is C26H28N4O2. The third kappa shape index (κ3) is 4.11. The number of aromatic nitrogens is 2. The van der Waals surface area contributed by atoms with Crippen molar-refractivity contribution >= 4 is 11.0 Å². The second-order valence-electron chi connectivity index (χ2n) is 8.32. The first-order chi connectivity index (χ1) is 15.7. The Hall–Kier alpha value is -3.22. The van der Waals surface area contributed by atoms with Crippen LogP contribution < -0.4 is 10.9 Å². The van der Waals surface area contributed by atoms with E-state index in [0.717, 1.165) is 29.7 Å². The van der Waals surface area contributed by atoms with Gasteiger partial charge in [-0.3, -0.25) is 4.90 Å². The van der Waals surface area contributed by atoms with Gasteiger partial charge < -0.3 is 9.73 Å². The van der Waals surface area contributed by atoms with Crippen LogP contribution in [-0.2, 0) is 6.54 Å². The maximum Gasteiger partial charge on any atom is 0.345 e. The van der Waals surface area contributed by atoms with Crippen LogP contribution in [0.15, 0.2) is 76.1 Å². The molecule has 1 atom stereocenters. The molecule has 5 rings (SSSR count). The van der Waals surface area contributed by atoms with Gasteiger partial charge in [-0.2, -0.15) is 5.10 Å². The molecule has 0 aliphatic carbocycles. The van der Waals surface area contributed by atoms with Gasteiger partial charge in [-0.25, -0.2) is 9.48 Å². The molecule has 1 saturated heterocycles. The molecule has 1 N–H and O–H groups in total. The molecule has 0 saturated carbocycles. The van der Waals surface area contributed by atoms with Crippen molar-refractivity contribution in [3.63, 3.8) is 0 Å². The summed E-state index contributed by atoms with van der Waals surface area (Å²) >= 11 is 0. The fourth-order valence-electron chi connectivity index (χ4n) is 4.62. The van der Waals surface area contributed by atoms with Crippen molar-refractivity contribution in [1.29, 1.82) is 0 Å². The Morgan fingerprint density at radius 2 is 1.94 bits per heavy atom. The van der Waals surface area contributed by atoms with E-state index in [4.69, 9.17) is 9.52 Å². The monoisotopic (exact) mass is 428 g/mol. The fraction of sp³-hybridized carbons (Fsp3) is 0.308. The highest BCUT2D eigenvalue weighted by molar-refractivity contribution is 5.81. The topological polar surface area (TPSA) is 63.3 Å². The Labute approximate surface area is 187 Å². The lowest BCUT2D eigenvalue weighted by atomic mass is 10.1. The highest BCUT2D eigenvalue weighted by Gasteiger charge is 2.23. The average molecular weight is 429 g/mol. The number of hydrogen-bond donors (Lipinski definition) is 1. The number of fused-ring (bicyclic) bond motifs is 1. The molecule has 0 bridgehead atoms. The number of para-hydroxylation sites is 2. The summed E-state index contributed by atoms with van der Waals surface area (Å²) in [6, 6.07) is 20.0. The minimum Gasteiger partial charge on any atom is -0.422 e. The molecule has 1 fully saturated rings. The molecule has 1 aliphatic heterocycles. The van der Waals surface area contributed by atoms with Crippen molar-refractivity contribution in [1.82, 2.24) is 20.0 Å². The van der Waals surface area contributed by atoms with E-state index in [2.05, 4.69) is 17.1 Å². The molecular weight excluding hydrogens is 400 g/mol. The van der Waals surface area contributed by atoms with Crippen LogP contribution in [0.4, 0.5) is 0 Å². The molecule has 6 heteroatoms. The van der Waals surface area contributed by atoms with Crippen molar-refractivity contribution in [3.8, 4) is 16.9 Å². The van der Waals surface area contributed by atoms with E-state index in [1.54, 1.807) is 0 Å². The summed E-state index contributed by atoms with van der Waals surface area (Å²) < 4.78 is 7.44. The number of likely N-dealkylation sites (tertiary alicyclic amines) is 1. The molecule has 2 aromatic carbocycles. The van der Waals surface area contributed by atoms with E-state index in [9.17, 15) is 4.79 Å². The standard InChI is InChI=1S/C26H28N4O2/c1-2-29-14-8-12-22(29)17-27-16-20-18-30(21-10-4-3-5-11-21)28-25(20)23-15-19-9-6-7-13-24(19)32-26(23)31/h3-7,9-11,13,15,18,22,27H,2,8,12,14,16-17H2,1H3/t22-/m1/s1. The van der Waals surface area contributed by atoms with Gasteiger partial charge >= 0.3 is 5.63 Å².